The van der Waals surface area contributed by atoms with Gasteiger partial charge in [-0.2, -0.15) is 5.26 Å². The number of aliphatic carboxylic acids is 1. The Balaban J connectivity index is 2.74. The summed E-state index contributed by atoms with van der Waals surface area (Å²) >= 11 is 1.35. The second-order valence-corrected chi connectivity index (χ2v) is 5.57. The van der Waals surface area contributed by atoms with Crippen LogP contribution in [0.4, 0.5) is 5.00 Å². The monoisotopic (exact) mass is 295 g/mol. The van der Waals surface area contributed by atoms with Gasteiger partial charge in [0.05, 0.1) is 18.7 Å². The predicted octanol–water partition coefficient (Wildman–Crippen LogP) is 1.58. The summed E-state index contributed by atoms with van der Waals surface area (Å²) in [4.78, 5) is 25.0. The number of thiophene rings is 1. The molecule has 0 aliphatic heterocycles. The number of amides is 1. The van der Waals surface area contributed by atoms with E-state index in [-0.39, 0.29) is 19.0 Å². The quantitative estimate of drug-likeness (QED) is 0.831. The highest BCUT2D eigenvalue weighted by atomic mass is 32.1. The van der Waals surface area contributed by atoms with Crippen LogP contribution in [0.3, 0.4) is 0 Å². The molecule has 0 atom stereocenters. The minimum Gasteiger partial charge on any atom is -0.480 e. The van der Waals surface area contributed by atoms with Gasteiger partial charge in [0.1, 0.15) is 11.1 Å². The third kappa shape index (κ3) is 4.05. The molecule has 1 heterocycles. The van der Waals surface area contributed by atoms with E-state index in [1.54, 1.807) is 6.92 Å². The summed E-state index contributed by atoms with van der Waals surface area (Å²) in [6, 6.07) is 2.08. The molecule has 0 fully saturated rings. The minimum absolute atomic E-state index is 0.0103. The molecule has 1 aromatic heterocycles. The van der Waals surface area contributed by atoms with Gasteiger partial charge in [0.25, 0.3) is 0 Å². The van der Waals surface area contributed by atoms with Crippen molar-refractivity contribution in [2.45, 2.75) is 20.8 Å². The molecule has 0 spiro atoms. The molecular weight excluding hydrogens is 278 g/mol. The molecule has 0 saturated heterocycles. The predicted molar refractivity (Wildman–Crippen MR) is 76.9 cm³/mol. The lowest BCUT2D eigenvalue weighted by atomic mass is 10.2. The van der Waals surface area contributed by atoms with E-state index < -0.39 is 5.97 Å². The minimum atomic E-state index is -0.972. The van der Waals surface area contributed by atoms with E-state index in [1.807, 2.05) is 13.8 Å². The number of hydrogen-bond donors (Lipinski definition) is 2. The van der Waals surface area contributed by atoms with Crippen LogP contribution in [-0.2, 0) is 9.59 Å². The highest BCUT2D eigenvalue weighted by Gasteiger charge is 2.17. The zero-order valence-corrected chi connectivity index (χ0v) is 12.5. The molecule has 1 amide bonds. The number of carboxylic acid groups (broad SMARTS) is 1. The molecule has 0 bridgehead atoms. The summed E-state index contributed by atoms with van der Waals surface area (Å²) in [5.74, 6) is -1.29. The zero-order chi connectivity index (χ0) is 15.3. The van der Waals surface area contributed by atoms with Crippen LogP contribution >= 0.6 is 11.3 Å². The maximum absolute atomic E-state index is 11.9. The number of anilines is 1. The Morgan fingerprint density at radius 3 is 2.55 bits per heavy atom. The Labute approximate surface area is 121 Å². The number of likely N-dealkylation sites (N-methyl/N-ethyl adjacent to an activating group) is 1. The smallest absolute Gasteiger partial charge is 0.317 e. The van der Waals surface area contributed by atoms with Gasteiger partial charge in [0.15, 0.2) is 0 Å². The van der Waals surface area contributed by atoms with Crippen molar-refractivity contribution in [3.8, 4) is 6.07 Å². The zero-order valence-electron chi connectivity index (χ0n) is 11.7. The Bertz CT molecular complexity index is 560. The van der Waals surface area contributed by atoms with E-state index in [2.05, 4.69) is 11.4 Å². The number of nitrogens with one attached hydrogen (secondary N) is 1. The number of carbonyl (C=O) groups excluding carboxylic acids is 1. The van der Waals surface area contributed by atoms with Gasteiger partial charge in [0.2, 0.25) is 5.91 Å². The second-order valence-electron chi connectivity index (χ2n) is 4.34. The third-order valence-corrected chi connectivity index (χ3v) is 4.05. The molecule has 0 unspecified atom stereocenters. The number of carboxylic acids is 1. The van der Waals surface area contributed by atoms with Crippen molar-refractivity contribution >= 4 is 28.2 Å². The van der Waals surface area contributed by atoms with Gasteiger partial charge < -0.3 is 10.4 Å². The maximum Gasteiger partial charge on any atom is 0.317 e. The molecule has 2 N–H and O–H groups in total. The molecule has 0 aliphatic rings. The van der Waals surface area contributed by atoms with Gasteiger partial charge >= 0.3 is 5.97 Å². The summed E-state index contributed by atoms with van der Waals surface area (Å²) in [7, 11) is 0. The van der Waals surface area contributed by atoms with Crippen molar-refractivity contribution in [2.75, 3.05) is 25.0 Å². The van der Waals surface area contributed by atoms with Crippen LogP contribution in [0.5, 0.6) is 0 Å². The number of aryl methyl sites for hydroxylation is 1. The van der Waals surface area contributed by atoms with Gasteiger partial charge in [-0.1, -0.05) is 6.92 Å². The topological polar surface area (TPSA) is 93.4 Å². The van der Waals surface area contributed by atoms with E-state index in [9.17, 15) is 9.59 Å². The Kier molecular flexibility index (Phi) is 5.67. The molecule has 0 saturated carbocycles. The van der Waals surface area contributed by atoms with Crippen molar-refractivity contribution in [3.05, 3.63) is 16.0 Å². The van der Waals surface area contributed by atoms with Gasteiger partial charge in [-0.15, -0.1) is 11.3 Å². The van der Waals surface area contributed by atoms with Gasteiger partial charge in [-0.25, -0.2) is 0 Å². The molecule has 0 radical (unpaired) electrons. The fourth-order valence-electron chi connectivity index (χ4n) is 1.69. The van der Waals surface area contributed by atoms with Crippen LogP contribution in [0.25, 0.3) is 0 Å². The molecular formula is C13H17N3O3S. The number of nitrogens with zero attached hydrogens (tertiary/aromatic N) is 2. The van der Waals surface area contributed by atoms with Gasteiger partial charge in [0, 0.05) is 4.88 Å². The lowest BCUT2D eigenvalue weighted by molar-refractivity contribution is -0.138. The fourth-order valence-corrected chi connectivity index (χ4v) is 2.72. The summed E-state index contributed by atoms with van der Waals surface area (Å²) in [5.41, 5.74) is 1.34. The van der Waals surface area contributed by atoms with E-state index in [0.717, 1.165) is 10.4 Å². The standard InChI is InChI=1S/C13H17N3O3S/c1-4-16(7-12(18)19)6-11(17)15-13-10(5-14)8(2)9(3)20-13/h4,6-7H2,1-3H3,(H,15,17)(H,18,19). The van der Waals surface area contributed by atoms with E-state index in [4.69, 9.17) is 10.4 Å². The largest absolute Gasteiger partial charge is 0.480 e. The number of hydrogen-bond acceptors (Lipinski definition) is 5. The Hall–Kier alpha value is -1.91. The van der Waals surface area contributed by atoms with Crippen LogP contribution in [0, 0.1) is 25.2 Å². The molecule has 20 heavy (non-hydrogen) atoms. The van der Waals surface area contributed by atoms with Gasteiger partial charge in [-0.05, 0) is 26.0 Å². The molecule has 7 heteroatoms. The number of rotatable bonds is 6. The van der Waals surface area contributed by atoms with Crippen LogP contribution in [-0.4, -0.2) is 41.5 Å². The summed E-state index contributed by atoms with van der Waals surface area (Å²) in [6.07, 6.45) is 0. The average molecular weight is 295 g/mol. The van der Waals surface area contributed by atoms with E-state index in [1.165, 1.54) is 16.2 Å². The van der Waals surface area contributed by atoms with Gasteiger partial charge in [-0.3, -0.25) is 14.5 Å². The molecule has 1 aromatic rings. The molecule has 108 valence electrons. The number of nitriles is 1. The lowest BCUT2D eigenvalue weighted by Crippen LogP contribution is -2.36. The van der Waals surface area contributed by atoms with Crippen molar-refractivity contribution < 1.29 is 14.7 Å². The molecule has 0 aliphatic carbocycles. The van der Waals surface area contributed by atoms with E-state index in [0.29, 0.717) is 17.1 Å². The normalized spacial score (nSPS) is 10.3. The average Bonchev–Trinajstić information content (AvgIpc) is 2.62. The van der Waals surface area contributed by atoms with Crippen molar-refractivity contribution in [1.82, 2.24) is 4.90 Å². The van der Waals surface area contributed by atoms with Crippen molar-refractivity contribution in [2.24, 2.45) is 0 Å². The summed E-state index contributed by atoms with van der Waals surface area (Å²) < 4.78 is 0. The number of carbonyl (C=O) groups is 2. The first-order valence-electron chi connectivity index (χ1n) is 6.13. The molecule has 1 rings (SSSR count). The first kappa shape index (κ1) is 16.1. The Morgan fingerprint density at radius 2 is 2.05 bits per heavy atom. The maximum atomic E-state index is 11.9. The molecule has 0 aromatic carbocycles. The second kappa shape index (κ2) is 7.03. The van der Waals surface area contributed by atoms with Crippen molar-refractivity contribution in [3.63, 3.8) is 0 Å². The first-order chi connectivity index (χ1) is 9.38. The lowest BCUT2D eigenvalue weighted by Gasteiger charge is -2.16. The van der Waals surface area contributed by atoms with E-state index >= 15 is 0 Å². The Morgan fingerprint density at radius 1 is 1.40 bits per heavy atom. The van der Waals surface area contributed by atoms with Crippen LogP contribution in [0.15, 0.2) is 0 Å². The SMILES string of the molecule is CCN(CC(=O)O)CC(=O)Nc1sc(C)c(C)c1C#N. The fraction of sp³-hybridized carbons (Fsp3) is 0.462. The highest BCUT2D eigenvalue weighted by Crippen LogP contribution is 2.31. The van der Waals surface area contributed by atoms with Crippen LogP contribution < -0.4 is 5.32 Å². The molecule has 6 nitrogen and oxygen atoms in total. The van der Waals surface area contributed by atoms with Crippen molar-refractivity contribution in [1.29, 1.82) is 5.26 Å². The van der Waals surface area contributed by atoms with Crippen LogP contribution in [0.2, 0.25) is 0 Å². The van der Waals surface area contributed by atoms with Crippen LogP contribution in [0.1, 0.15) is 22.9 Å². The third-order valence-electron chi connectivity index (χ3n) is 2.92. The highest BCUT2D eigenvalue weighted by molar-refractivity contribution is 7.16. The summed E-state index contributed by atoms with van der Waals surface area (Å²) in [6.45, 7) is 5.78. The summed E-state index contributed by atoms with van der Waals surface area (Å²) in [5, 5.41) is 21.0. The first-order valence-corrected chi connectivity index (χ1v) is 6.94.